The van der Waals surface area contributed by atoms with Crippen LogP contribution in [-0.4, -0.2) is 25.4 Å². The fourth-order valence-electron chi connectivity index (χ4n) is 2.03. The van der Waals surface area contributed by atoms with Crippen molar-refractivity contribution < 1.29 is 14.6 Å². The molecule has 0 saturated heterocycles. The minimum Gasteiger partial charge on any atom is -0.493 e. The fourth-order valence-corrected chi connectivity index (χ4v) is 2.03. The van der Waals surface area contributed by atoms with E-state index in [4.69, 9.17) is 9.47 Å². The van der Waals surface area contributed by atoms with Gasteiger partial charge in [0.05, 0.1) is 13.7 Å². The molecule has 18 heavy (non-hydrogen) atoms. The maximum absolute atomic E-state index is 9.43. The second-order valence-electron chi connectivity index (χ2n) is 4.97. The zero-order chi connectivity index (χ0) is 13.4. The first kappa shape index (κ1) is 14.8. The Labute approximate surface area is 110 Å². The van der Waals surface area contributed by atoms with E-state index < -0.39 is 0 Å². The van der Waals surface area contributed by atoms with Crippen LogP contribution >= 0.6 is 0 Å². The van der Waals surface area contributed by atoms with Gasteiger partial charge in [-0.15, -0.1) is 0 Å². The van der Waals surface area contributed by atoms with Gasteiger partial charge in [0.2, 0.25) is 0 Å². The van der Waals surface area contributed by atoms with Crippen molar-refractivity contribution in [2.75, 3.05) is 20.3 Å². The molecule has 1 rings (SSSR count). The topological polar surface area (TPSA) is 38.7 Å². The molecule has 0 spiro atoms. The van der Waals surface area contributed by atoms with Crippen LogP contribution in [0.25, 0.3) is 0 Å². The monoisotopic (exact) mass is 252 g/mol. The molecule has 1 atom stereocenters. The minimum atomic E-state index is -0.0449. The molecule has 0 amide bonds. The maximum Gasteiger partial charge on any atom is 0.161 e. The summed E-state index contributed by atoms with van der Waals surface area (Å²) >= 11 is 0. The number of hydrogen-bond donors (Lipinski definition) is 1. The molecular formula is C15H24O3. The second-order valence-corrected chi connectivity index (χ2v) is 4.97. The van der Waals surface area contributed by atoms with Gasteiger partial charge in [0.15, 0.2) is 11.5 Å². The normalized spacial score (nSPS) is 14.0. The first-order valence-corrected chi connectivity index (χ1v) is 6.52. The average molecular weight is 252 g/mol. The first-order chi connectivity index (χ1) is 8.65. The molecule has 0 aliphatic heterocycles. The summed E-state index contributed by atoms with van der Waals surface area (Å²) in [5.74, 6) is 1.51. The number of para-hydroxylation sites is 2. The van der Waals surface area contributed by atoms with Crippen molar-refractivity contribution in [1.82, 2.24) is 0 Å². The van der Waals surface area contributed by atoms with E-state index in [-0.39, 0.29) is 12.0 Å². The van der Waals surface area contributed by atoms with Crippen molar-refractivity contribution in [3.8, 4) is 11.5 Å². The summed E-state index contributed by atoms with van der Waals surface area (Å²) in [4.78, 5) is 0. The Morgan fingerprint density at radius 1 is 1.17 bits per heavy atom. The van der Waals surface area contributed by atoms with Crippen LogP contribution < -0.4 is 9.47 Å². The smallest absolute Gasteiger partial charge is 0.161 e. The van der Waals surface area contributed by atoms with Gasteiger partial charge in [0.1, 0.15) is 0 Å². The fraction of sp³-hybridized carbons (Fsp3) is 0.600. The summed E-state index contributed by atoms with van der Waals surface area (Å²) in [5, 5.41) is 9.43. The molecular weight excluding hydrogens is 228 g/mol. The summed E-state index contributed by atoms with van der Waals surface area (Å²) in [7, 11) is 1.64. The van der Waals surface area contributed by atoms with E-state index in [1.54, 1.807) is 7.11 Å². The number of ether oxygens (including phenoxy) is 2. The second kappa shape index (κ2) is 7.27. The molecule has 1 N–H and O–H groups in total. The van der Waals surface area contributed by atoms with Crippen molar-refractivity contribution in [2.45, 2.75) is 33.1 Å². The predicted molar refractivity (Wildman–Crippen MR) is 73.2 cm³/mol. The SMILES string of the molecule is CCCC(C)(CO)CCOc1ccccc1OC. The zero-order valence-corrected chi connectivity index (χ0v) is 11.6. The van der Waals surface area contributed by atoms with Crippen molar-refractivity contribution in [3.63, 3.8) is 0 Å². The Balaban J connectivity index is 2.50. The van der Waals surface area contributed by atoms with Gasteiger partial charge in [-0.05, 0) is 30.4 Å². The summed E-state index contributed by atoms with van der Waals surface area (Å²) in [6.45, 7) is 5.03. The number of benzene rings is 1. The summed E-state index contributed by atoms with van der Waals surface area (Å²) in [5.41, 5.74) is -0.0449. The Hall–Kier alpha value is -1.22. The van der Waals surface area contributed by atoms with Gasteiger partial charge in [-0.3, -0.25) is 0 Å². The van der Waals surface area contributed by atoms with Crippen LogP contribution in [0.15, 0.2) is 24.3 Å². The standard InChI is InChI=1S/C15H24O3/c1-4-9-15(2,12-16)10-11-18-14-8-6-5-7-13(14)17-3/h5-8,16H,4,9-12H2,1-3H3. The molecule has 1 unspecified atom stereocenters. The van der Waals surface area contributed by atoms with Crippen LogP contribution in [0.5, 0.6) is 11.5 Å². The third kappa shape index (κ3) is 4.22. The molecule has 1 aromatic rings. The Morgan fingerprint density at radius 2 is 1.83 bits per heavy atom. The molecule has 0 aliphatic carbocycles. The molecule has 102 valence electrons. The average Bonchev–Trinajstić information content (AvgIpc) is 2.39. The lowest BCUT2D eigenvalue weighted by Gasteiger charge is -2.26. The maximum atomic E-state index is 9.43. The van der Waals surface area contributed by atoms with Gasteiger partial charge in [0, 0.05) is 6.61 Å². The lowest BCUT2D eigenvalue weighted by molar-refractivity contribution is 0.102. The molecule has 3 heteroatoms. The predicted octanol–water partition coefficient (Wildman–Crippen LogP) is 3.26. The molecule has 0 heterocycles. The number of aliphatic hydroxyl groups is 1. The molecule has 0 radical (unpaired) electrons. The van der Waals surface area contributed by atoms with Gasteiger partial charge in [-0.1, -0.05) is 32.4 Å². The van der Waals surface area contributed by atoms with E-state index in [2.05, 4.69) is 13.8 Å². The summed E-state index contributed by atoms with van der Waals surface area (Å²) < 4.78 is 11.0. The lowest BCUT2D eigenvalue weighted by atomic mass is 9.83. The summed E-state index contributed by atoms with van der Waals surface area (Å²) in [6, 6.07) is 7.62. The van der Waals surface area contributed by atoms with E-state index in [1.807, 2.05) is 24.3 Å². The largest absolute Gasteiger partial charge is 0.493 e. The molecule has 0 bridgehead atoms. The number of rotatable bonds is 8. The highest BCUT2D eigenvalue weighted by Gasteiger charge is 2.22. The van der Waals surface area contributed by atoms with Crippen LogP contribution in [0.1, 0.15) is 33.1 Å². The highest BCUT2D eigenvalue weighted by Crippen LogP contribution is 2.29. The van der Waals surface area contributed by atoms with Crippen molar-refractivity contribution >= 4 is 0 Å². The van der Waals surface area contributed by atoms with Gasteiger partial charge < -0.3 is 14.6 Å². The lowest BCUT2D eigenvalue weighted by Crippen LogP contribution is -2.24. The van der Waals surface area contributed by atoms with Gasteiger partial charge in [-0.2, -0.15) is 0 Å². The Morgan fingerprint density at radius 3 is 2.39 bits per heavy atom. The van der Waals surface area contributed by atoms with Crippen molar-refractivity contribution in [1.29, 1.82) is 0 Å². The third-order valence-corrected chi connectivity index (χ3v) is 3.27. The quantitative estimate of drug-likeness (QED) is 0.771. The van der Waals surface area contributed by atoms with Crippen LogP contribution in [0.4, 0.5) is 0 Å². The van der Waals surface area contributed by atoms with Crippen molar-refractivity contribution in [2.24, 2.45) is 5.41 Å². The van der Waals surface area contributed by atoms with E-state index in [1.165, 1.54) is 0 Å². The van der Waals surface area contributed by atoms with E-state index in [9.17, 15) is 5.11 Å². The number of hydrogen-bond acceptors (Lipinski definition) is 3. The highest BCUT2D eigenvalue weighted by atomic mass is 16.5. The Bertz CT molecular complexity index is 351. The van der Waals surface area contributed by atoms with Crippen LogP contribution in [-0.2, 0) is 0 Å². The third-order valence-electron chi connectivity index (χ3n) is 3.27. The minimum absolute atomic E-state index is 0.0449. The van der Waals surface area contributed by atoms with Gasteiger partial charge in [-0.25, -0.2) is 0 Å². The Kier molecular flexibility index (Phi) is 5.99. The number of methoxy groups -OCH3 is 1. The first-order valence-electron chi connectivity index (χ1n) is 6.52. The van der Waals surface area contributed by atoms with Crippen LogP contribution in [0, 0.1) is 5.41 Å². The molecule has 0 saturated carbocycles. The number of aliphatic hydroxyl groups excluding tert-OH is 1. The molecule has 0 aromatic heterocycles. The molecule has 1 aromatic carbocycles. The van der Waals surface area contributed by atoms with Gasteiger partial charge >= 0.3 is 0 Å². The van der Waals surface area contributed by atoms with Crippen LogP contribution in [0.3, 0.4) is 0 Å². The molecule has 3 nitrogen and oxygen atoms in total. The molecule has 0 aliphatic rings. The van der Waals surface area contributed by atoms with E-state index >= 15 is 0 Å². The highest BCUT2D eigenvalue weighted by molar-refractivity contribution is 5.39. The van der Waals surface area contributed by atoms with Gasteiger partial charge in [0.25, 0.3) is 0 Å². The van der Waals surface area contributed by atoms with Crippen molar-refractivity contribution in [3.05, 3.63) is 24.3 Å². The molecule has 0 fully saturated rings. The van der Waals surface area contributed by atoms with E-state index in [0.717, 1.165) is 30.8 Å². The summed E-state index contributed by atoms with van der Waals surface area (Å²) in [6.07, 6.45) is 2.93. The zero-order valence-electron chi connectivity index (χ0n) is 11.6. The van der Waals surface area contributed by atoms with Crippen LogP contribution in [0.2, 0.25) is 0 Å². The van der Waals surface area contributed by atoms with E-state index in [0.29, 0.717) is 6.61 Å².